The van der Waals surface area contributed by atoms with Crippen LogP contribution in [0, 0.1) is 0 Å². The monoisotopic (exact) mass is 348 g/mol. The van der Waals surface area contributed by atoms with Gasteiger partial charge < -0.3 is 5.32 Å². The Morgan fingerprint density at radius 2 is 1.81 bits per heavy atom. The molecule has 1 aliphatic heterocycles. The molecule has 1 atom stereocenters. The van der Waals surface area contributed by atoms with Crippen LogP contribution in [0.4, 0.5) is 0 Å². The average Bonchev–Trinajstić information content (AvgIpc) is 2.46. The highest BCUT2D eigenvalue weighted by molar-refractivity contribution is 7.98. The number of hydrogen-bond donors (Lipinski definition) is 1. The van der Waals surface area contributed by atoms with Crippen molar-refractivity contribution >= 4 is 36.6 Å². The number of hydrogen-bond acceptors (Lipinski definition) is 3. The summed E-state index contributed by atoms with van der Waals surface area (Å²) in [6, 6.07) is 9.50. The largest absolute Gasteiger partial charge is 0.314 e. The predicted octanol–water partition coefficient (Wildman–Crippen LogP) is 4.16. The van der Waals surface area contributed by atoms with Gasteiger partial charge in [0, 0.05) is 37.1 Å². The van der Waals surface area contributed by atoms with Crippen molar-refractivity contribution in [2.24, 2.45) is 0 Å². The summed E-state index contributed by atoms with van der Waals surface area (Å²) in [5.74, 6) is 0. The van der Waals surface area contributed by atoms with E-state index >= 15 is 0 Å². The van der Waals surface area contributed by atoms with E-state index < -0.39 is 0 Å². The standard InChI is InChI=1S/C16H24N2S.2ClH/c1-13(2)12-16(18-10-8-17-9-11-18)14-4-6-15(19-3)7-5-14;;/h4-7,16-17H,1,8-12H2,2-3H3;2*1H/t16-;;/m0../s1. The van der Waals surface area contributed by atoms with Crippen LogP contribution >= 0.6 is 36.6 Å². The third-order valence-electron chi connectivity index (χ3n) is 3.63. The number of rotatable bonds is 5. The van der Waals surface area contributed by atoms with Crippen LogP contribution in [0.3, 0.4) is 0 Å². The van der Waals surface area contributed by atoms with Gasteiger partial charge in [0.2, 0.25) is 0 Å². The molecule has 1 fully saturated rings. The molecule has 1 aromatic rings. The van der Waals surface area contributed by atoms with Crippen molar-refractivity contribution in [3.63, 3.8) is 0 Å². The number of benzene rings is 1. The van der Waals surface area contributed by atoms with Crippen LogP contribution in [-0.4, -0.2) is 37.3 Å². The van der Waals surface area contributed by atoms with Crippen LogP contribution in [-0.2, 0) is 0 Å². The maximum absolute atomic E-state index is 4.10. The van der Waals surface area contributed by atoms with Crippen LogP contribution < -0.4 is 5.32 Å². The molecular weight excluding hydrogens is 323 g/mol. The minimum absolute atomic E-state index is 0. The van der Waals surface area contributed by atoms with Gasteiger partial charge in [0.25, 0.3) is 0 Å². The molecule has 120 valence electrons. The Kier molecular flexibility index (Phi) is 10.4. The third-order valence-corrected chi connectivity index (χ3v) is 4.38. The van der Waals surface area contributed by atoms with E-state index in [0.717, 1.165) is 32.6 Å². The first kappa shape index (κ1) is 20.8. The maximum atomic E-state index is 4.10. The van der Waals surface area contributed by atoms with E-state index in [4.69, 9.17) is 0 Å². The second kappa shape index (κ2) is 10.5. The Balaban J connectivity index is 0.00000200. The minimum Gasteiger partial charge on any atom is -0.314 e. The molecule has 5 heteroatoms. The smallest absolute Gasteiger partial charge is 0.0386 e. The zero-order valence-electron chi connectivity index (χ0n) is 12.8. The number of piperazine rings is 1. The Hall–Kier alpha value is -0.190. The Bertz CT molecular complexity index is 417. The fraction of sp³-hybridized carbons (Fsp3) is 0.500. The summed E-state index contributed by atoms with van der Waals surface area (Å²) >= 11 is 1.80. The van der Waals surface area contributed by atoms with Crippen molar-refractivity contribution in [2.75, 3.05) is 32.4 Å². The zero-order chi connectivity index (χ0) is 13.7. The highest BCUT2D eigenvalue weighted by Gasteiger charge is 2.21. The van der Waals surface area contributed by atoms with Gasteiger partial charge in [-0.05, 0) is 37.3 Å². The number of nitrogens with zero attached hydrogens (tertiary/aromatic N) is 1. The molecule has 21 heavy (non-hydrogen) atoms. The molecule has 0 bridgehead atoms. The molecule has 1 saturated heterocycles. The fourth-order valence-corrected chi connectivity index (χ4v) is 3.02. The summed E-state index contributed by atoms with van der Waals surface area (Å²) in [7, 11) is 0. The van der Waals surface area contributed by atoms with E-state index in [9.17, 15) is 0 Å². The summed E-state index contributed by atoms with van der Waals surface area (Å²) in [5.41, 5.74) is 2.68. The summed E-state index contributed by atoms with van der Waals surface area (Å²) in [6.07, 6.45) is 3.18. The van der Waals surface area contributed by atoms with Gasteiger partial charge in [-0.1, -0.05) is 17.7 Å². The molecule has 0 aromatic heterocycles. The number of halogens is 2. The lowest BCUT2D eigenvalue weighted by atomic mass is 9.98. The summed E-state index contributed by atoms with van der Waals surface area (Å²) in [5, 5.41) is 3.43. The second-order valence-electron chi connectivity index (χ2n) is 5.24. The molecule has 0 amide bonds. The molecule has 1 aromatic carbocycles. The zero-order valence-corrected chi connectivity index (χ0v) is 15.3. The summed E-state index contributed by atoms with van der Waals surface area (Å²) in [6.45, 7) is 10.7. The van der Waals surface area contributed by atoms with Crippen LogP contribution in [0.2, 0.25) is 0 Å². The van der Waals surface area contributed by atoms with Gasteiger partial charge in [-0.15, -0.1) is 43.2 Å². The lowest BCUT2D eigenvalue weighted by Crippen LogP contribution is -2.45. The van der Waals surface area contributed by atoms with E-state index in [1.165, 1.54) is 16.0 Å². The third kappa shape index (κ3) is 6.21. The van der Waals surface area contributed by atoms with Crippen molar-refractivity contribution < 1.29 is 0 Å². The van der Waals surface area contributed by atoms with Gasteiger partial charge in [-0.2, -0.15) is 0 Å². The van der Waals surface area contributed by atoms with E-state index in [1.54, 1.807) is 11.8 Å². The molecule has 1 aliphatic rings. The van der Waals surface area contributed by atoms with E-state index in [0.29, 0.717) is 6.04 Å². The van der Waals surface area contributed by atoms with Crippen molar-refractivity contribution in [3.8, 4) is 0 Å². The average molecular weight is 349 g/mol. The second-order valence-corrected chi connectivity index (χ2v) is 6.12. The number of nitrogens with one attached hydrogen (secondary N) is 1. The van der Waals surface area contributed by atoms with Crippen molar-refractivity contribution in [2.45, 2.75) is 24.3 Å². The Morgan fingerprint density at radius 1 is 1.24 bits per heavy atom. The van der Waals surface area contributed by atoms with Gasteiger partial charge in [-0.3, -0.25) is 4.90 Å². The highest BCUT2D eigenvalue weighted by Crippen LogP contribution is 2.28. The minimum atomic E-state index is 0. The Morgan fingerprint density at radius 3 is 2.29 bits per heavy atom. The molecule has 2 rings (SSSR count). The fourth-order valence-electron chi connectivity index (χ4n) is 2.61. The van der Waals surface area contributed by atoms with Crippen molar-refractivity contribution in [1.29, 1.82) is 0 Å². The topological polar surface area (TPSA) is 15.3 Å². The lowest BCUT2D eigenvalue weighted by molar-refractivity contribution is 0.172. The Labute approximate surface area is 145 Å². The van der Waals surface area contributed by atoms with Crippen LogP contribution in [0.25, 0.3) is 0 Å². The van der Waals surface area contributed by atoms with Crippen LogP contribution in [0.5, 0.6) is 0 Å². The molecule has 1 N–H and O–H groups in total. The van der Waals surface area contributed by atoms with Gasteiger partial charge in [0.15, 0.2) is 0 Å². The van der Waals surface area contributed by atoms with E-state index in [1.807, 2.05) is 0 Å². The molecular formula is C16H26Cl2N2S. The number of thioether (sulfide) groups is 1. The van der Waals surface area contributed by atoms with Gasteiger partial charge in [0.1, 0.15) is 0 Å². The molecule has 0 radical (unpaired) electrons. The lowest BCUT2D eigenvalue weighted by Gasteiger charge is -2.35. The van der Waals surface area contributed by atoms with Crippen molar-refractivity contribution in [1.82, 2.24) is 10.2 Å². The molecule has 0 spiro atoms. The normalized spacial score (nSPS) is 16.5. The molecule has 1 heterocycles. The molecule has 2 nitrogen and oxygen atoms in total. The highest BCUT2D eigenvalue weighted by atomic mass is 35.5. The van der Waals surface area contributed by atoms with Gasteiger partial charge in [0.05, 0.1) is 0 Å². The maximum Gasteiger partial charge on any atom is 0.0386 e. The van der Waals surface area contributed by atoms with E-state index in [2.05, 4.69) is 54.2 Å². The van der Waals surface area contributed by atoms with Crippen molar-refractivity contribution in [3.05, 3.63) is 42.0 Å². The predicted molar refractivity (Wildman–Crippen MR) is 99.3 cm³/mol. The van der Waals surface area contributed by atoms with E-state index in [-0.39, 0.29) is 24.8 Å². The first-order valence-corrected chi connectivity index (χ1v) is 8.16. The van der Waals surface area contributed by atoms with Gasteiger partial charge >= 0.3 is 0 Å². The SMILES string of the molecule is C=C(C)C[C@@H](c1ccc(SC)cc1)N1CCNCC1.Cl.Cl. The molecule has 0 unspecified atom stereocenters. The quantitative estimate of drug-likeness (QED) is 0.635. The summed E-state index contributed by atoms with van der Waals surface area (Å²) in [4.78, 5) is 3.91. The van der Waals surface area contributed by atoms with Crippen LogP contribution in [0.1, 0.15) is 24.9 Å². The van der Waals surface area contributed by atoms with Crippen LogP contribution in [0.15, 0.2) is 41.3 Å². The molecule has 0 aliphatic carbocycles. The van der Waals surface area contributed by atoms with Gasteiger partial charge in [-0.25, -0.2) is 0 Å². The first-order valence-electron chi connectivity index (χ1n) is 6.94. The summed E-state index contributed by atoms with van der Waals surface area (Å²) < 4.78 is 0. The first-order chi connectivity index (χ1) is 9.20. The molecule has 0 saturated carbocycles.